The first-order chi connectivity index (χ1) is 50.9. The monoisotopic (exact) mass is 1540 g/mol. The average molecular weight is 1540 g/mol. The molecular formula is C86H168O17P2. The Hall–Kier alpha value is -1.94. The van der Waals surface area contributed by atoms with Crippen molar-refractivity contribution in [2.45, 2.75) is 477 Å². The Bertz CT molecular complexity index is 2010. The standard InChI is InChI=1S/C86H168O17P2/c1-7-10-12-14-16-18-20-21-22-23-24-25-26-27-35-40-46-52-58-64-70-85(90)103-82(75-97-84(89)69-63-57-51-45-39-34-31-29-33-38-43-49-55-61-67-79(6)9-3)77-101-105(94,95)99-73-80(87)72-98-104(92,93)100-76-81(74-96-83(88)68-62-56-50-44-19-17-15-13-11-8-2)102-86(91)71-65-59-53-47-41-36-30-28-32-37-42-48-54-60-66-78(4)5/h78-82,87H,7-77H2,1-6H3,(H,92,93)(H,94,95)/t79?,80-,81+,82+/m0/s1. The number of esters is 4. The highest BCUT2D eigenvalue weighted by Crippen LogP contribution is 2.45. The quantitative estimate of drug-likeness (QED) is 0.0222. The van der Waals surface area contributed by atoms with Gasteiger partial charge in [-0.1, -0.05) is 408 Å². The molecular weight excluding hydrogens is 1370 g/mol. The van der Waals surface area contributed by atoms with Gasteiger partial charge in [-0.25, -0.2) is 9.13 Å². The van der Waals surface area contributed by atoms with E-state index >= 15 is 0 Å². The molecule has 0 spiro atoms. The van der Waals surface area contributed by atoms with Gasteiger partial charge in [0.05, 0.1) is 26.4 Å². The van der Waals surface area contributed by atoms with Gasteiger partial charge in [-0.05, 0) is 37.5 Å². The van der Waals surface area contributed by atoms with Crippen LogP contribution in [0.25, 0.3) is 0 Å². The van der Waals surface area contributed by atoms with Crippen LogP contribution in [0, 0.1) is 11.8 Å². The SMILES string of the molecule is CCCCCCCCCCCCCCCCCCCCCCC(=O)O[C@H](COC(=O)CCCCCCCCCCCCCCCCC(C)CC)COP(=O)(O)OC[C@@H](O)COP(=O)(O)OC[C@@H](COC(=O)CCCCCCCCCCCC)OC(=O)CCCCCCCCCCCCCCCCC(C)C. The van der Waals surface area contributed by atoms with Crippen LogP contribution in [0.2, 0.25) is 0 Å². The molecule has 3 N–H and O–H groups in total. The Kier molecular flexibility index (Phi) is 76.0. The predicted octanol–water partition coefficient (Wildman–Crippen LogP) is 26.2. The topological polar surface area (TPSA) is 237 Å². The summed E-state index contributed by atoms with van der Waals surface area (Å²) in [6, 6.07) is 0. The number of phosphoric acid groups is 2. The molecule has 0 aromatic heterocycles. The van der Waals surface area contributed by atoms with E-state index in [2.05, 4.69) is 41.5 Å². The fourth-order valence-electron chi connectivity index (χ4n) is 13.4. The molecule has 17 nitrogen and oxygen atoms in total. The van der Waals surface area contributed by atoms with E-state index in [4.69, 9.17) is 37.0 Å². The zero-order valence-corrected chi connectivity index (χ0v) is 70.8. The number of hydrogen-bond acceptors (Lipinski definition) is 15. The zero-order chi connectivity index (χ0) is 77.1. The molecule has 3 unspecified atom stereocenters. The lowest BCUT2D eigenvalue weighted by molar-refractivity contribution is -0.161. The largest absolute Gasteiger partial charge is 0.472 e. The van der Waals surface area contributed by atoms with Crippen molar-refractivity contribution < 1.29 is 80.2 Å². The molecule has 19 heteroatoms. The number of rotatable bonds is 85. The van der Waals surface area contributed by atoms with Crippen LogP contribution in [0.5, 0.6) is 0 Å². The summed E-state index contributed by atoms with van der Waals surface area (Å²) in [6.45, 7) is 9.74. The van der Waals surface area contributed by atoms with Gasteiger partial charge in [0, 0.05) is 25.7 Å². The van der Waals surface area contributed by atoms with E-state index in [0.29, 0.717) is 25.7 Å². The number of phosphoric ester groups is 2. The Morgan fingerprint density at radius 3 is 0.724 bits per heavy atom. The Morgan fingerprint density at radius 1 is 0.276 bits per heavy atom. The molecule has 0 aliphatic rings. The molecule has 0 saturated heterocycles. The summed E-state index contributed by atoms with van der Waals surface area (Å²) >= 11 is 0. The molecule has 0 aromatic rings. The Morgan fingerprint density at radius 2 is 0.486 bits per heavy atom. The van der Waals surface area contributed by atoms with Gasteiger partial charge < -0.3 is 33.8 Å². The van der Waals surface area contributed by atoms with Crippen molar-refractivity contribution in [2.75, 3.05) is 39.6 Å². The van der Waals surface area contributed by atoms with Crippen molar-refractivity contribution >= 4 is 39.5 Å². The fourth-order valence-corrected chi connectivity index (χ4v) is 15.0. The van der Waals surface area contributed by atoms with Gasteiger partial charge in [-0.2, -0.15) is 0 Å². The average Bonchev–Trinajstić information content (AvgIpc) is 0.909. The minimum absolute atomic E-state index is 0.108. The zero-order valence-electron chi connectivity index (χ0n) is 69.0. The van der Waals surface area contributed by atoms with E-state index in [9.17, 15) is 43.2 Å². The summed E-state index contributed by atoms with van der Waals surface area (Å²) in [4.78, 5) is 73.2. The number of hydrogen-bond donors (Lipinski definition) is 3. The van der Waals surface area contributed by atoms with E-state index in [-0.39, 0.29) is 25.7 Å². The van der Waals surface area contributed by atoms with Crippen LogP contribution in [0.1, 0.15) is 459 Å². The molecule has 0 amide bonds. The second kappa shape index (κ2) is 77.4. The molecule has 0 saturated carbocycles. The maximum Gasteiger partial charge on any atom is 0.472 e. The third-order valence-electron chi connectivity index (χ3n) is 20.6. The van der Waals surface area contributed by atoms with Crippen LogP contribution < -0.4 is 0 Å². The van der Waals surface area contributed by atoms with E-state index < -0.39 is 97.5 Å². The molecule has 0 bridgehead atoms. The number of unbranched alkanes of at least 4 members (excludes halogenated alkanes) is 54. The third-order valence-corrected chi connectivity index (χ3v) is 22.5. The van der Waals surface area contributed by atoms with Crippen LogP contribution in [0.4, 0.5) is 0 Å². The maximum absolute atomic E-state index is 13.1. The van der Waals surface area contributed by atoms with E-state index in [1.54, 1.807) is 0 Å². The minimum Gasteiger partial charge on any atom is -0.462 e. The maximum atomic E-state index is 13.1. The van der Waals surface area contributed by atoms with Crippen LogP contribution >= 0.6 is 15.6 Å². The van der Waals surface area contributed by atoms with Crippen molar-refractivity contribution in [3.8, 4) is 0 Å². The van der Waals surface area contributed by atoms with Gasteiger partial charge in [0.15, 0.2) is 12.2 Å². The highest BCUT2D eigenvalue weighted by atomic mass is 31.2. The normalized spacial score (nSPS) is 14.1. The smallest absolute Gasteiger partial charge is 0.462 e. The van der Waals surface area contributed by atoms with Crippen LogP contribution in [0.15, 0.2) is 0 Å². The first-order valence-corrected chi connectivity index (χ1v) is 47.5. The van der Waals surface area contributed by atoms with E-state index in [1.165, 1.54) is 276 Å². The molecule has 0 rings (SSSR count). The molecule has 0 aliphatic carbocycles. The summed E-state index contributed by atoms with van der Waals surface area (Å²) in [5.74, 6) is -0.456. The second-order valence-electron chi connectivity index (χ2n) is 31.6. The summed E-state index contributed by atoms with van der Waals surface area (Å²) < 4.78 is 68.9. The first-order valence-electron chi connectivity index (χ1n) is 44.5. The summed E-state index contributed by atoms with van der Waals surface area (Å²) in [5.41, 5.74) is 0. The van der Waals surface area contributed by atoms with Crippen LogP contribution in [-0.2, 0) is 65.4 Å². The number of aliphatic hydroxyl groups excluding tert-OH is 1. The molecule has 0 heterocycles. The lowest BCUT2D eigenvalue weighted by Gasteiger charge is -2.21. The highest BCUT2D eigenvalue weighted by molar-refractivity contribution is 7.47. The molecule has 105 heavy (non-hydrogen) atoms. The van der Waals surface area contributed by atoms with Crippen molar-refractivity contribution in [3.05, 3.63) is 0 Å². The molecule has 0 aromatic carbocycles. The van der Waals surface area contributed by atoms with Crippen molar-refractivity contribution in [1.82, 2.24) is 0 Å². The van der Waals surface area contributed by atoms with Gasteiger partial charge in [0.2, 0.25) is 0 Å². The Labute approximate surface area is 645 Å². The van der Waals surface area contributed by atoms with Crippen molar-refractivity contribution in [1.29, 1.82) is 0 Å². The summed E-state index contributed by atoms with van der Waals surface area (Å²) in [6.07, 6.45) is 69.3. The molecule has 6 atom stereocenters. The predicted molar refractivity (Wildman–Crippen MR) is 432 cm³/mol. The van der Waals surface area contributed by atoms with Crippen molar-refractivity contribution in [3.63, 3.8) is 0 Å². The number of aliphatic hydroxyl groups is 1. The lowest BCUT2D eigenvalue weighted by atomic mass is 9.99. The van der Waals surface area contributed by atoms with Gasteiger partial charge in [0.1, 0.15) is 19.3 Å². The highest BCUT2D eigenvalue weighted by Gasteiger charge is 2.30. The minimum atomic E-state index is -4.97. The molecule has 624 valence electrons. The van der Waals surface area contributed by atoms with E-state index in [1.807, 2.05) is 0 Å². The molecule has 0 aliphatic heterocycles. The van der Waals surface area contributed by atoms with Crippen LogP contribution in [0.3, 0.4) is 0 Å². The second-order valence-corrected chi connectivity index (χ2v) is 34.6. The van der Waals surface area contributed by atoms with Gasteiger partial charge >= 0.3 is 39.5 Å². The summed E-state index contributed by atoms with van der Waals surface area (Å²) in [5, 5.41) is 10.7. The van der Waals surface area contributed by atoms with Gasteiger partial charge in [0.25, 0.3) is 0 Å². The van der Waals surface area contributed by atoms with Gasteiger partial charge in [-0.15, -0.1) is 0 Å². The first kappa shape index (κ1) is 103. The molecule has 0 fully saturated rings. The van der Waals surface area contributed by atoms with Gasteiger partial charge in [-0.3, -0.25) is 37.3 Å². The van der Waals surface area contributed by atoms with E-state index in [0.717, 1.165) is 102 Å². The fraction of sp³-hybridized carbons (Fsp3) is 0.953. The Balaban J connectivity index is 5.23. The van der Waals surface area contributed by atoms with Crippen LogP contribution in [-0.4, -0.2) is 96.7 Å². The summed E-state index contributed by atoms with van der Waals surface area (Å²) in [7, 11) is -9.93. The third kappa shape index (κ3) is 78.5. The number of ether oxygens (including phenoxy) is 4. The molecule has 0 radical (unpaired) electrons. The lowest BCUT2D eigenvalue weighted by Crippen LogP contribution is -2.30. The number of carbonyl (C=O) groups is 4. The van der Waals surface area contributed by atoms with Crippen molar-refractivity contribution in [2.24, 2.45) is 11.8 Å². The number of carbonyl (C=O) groups excluding carboxylic acids is 4.